The second-order valence-electron chi connectivity index (χ2n) is 22.6. The Balaban J connectivity index is -0.000000250. The molecule has 0 saturated heterocycles. The predicted molar refractivity (Wildman–Crippen MR) is 530 cm³/mol. The normalized spacial score (nSPS) is 8.56. The molecule has 0 saturated carbocycles. The van der Waals surface area contributed by atoms with Crippen LogP contribution in [0.5, 0.6) is 0 Å². The molecule has 1 aromatic carbocycles. The Labute approximate surface area is 765 Å². The van der Waals surface area contributed by atoms with Gasteiger partial charge < -0.3 is 0 Å². The van der Waals surface area contributed by atoms with E-state index in [1.807, 2.05) is 412 Å². The topological polar surface area (TPSA) is 221 Å². The standard InChI is InChI=1S/C12H13N2.4C11H12N3.2C10H11N4.14C2H6/c1-10-5-3-4-6-11(10)12-7-8-13-9-14(12)2;1-9-7-12-5-3-10(9)11-4-6-13-8-14(11)2;1-9-3-5-12-7-10(9)11-4-6-13-8-14(11)2;1-9-10(4-3-6-13-9)11-5-7-12-8-14(11)2;1-9-4-3-6-13-11(9)10-5-7-12-8-14(10)2;1-8-9(5-12-6-13-8)10-3-4-11-7-14(10)2;1-8-5-12-6-13-10(8)9-3-4-11-7-14(9)2;14*1-2/h3-9H,1-2H3;4*3-8H,1-2H3;2*3-7H,1-2H3;14*1-2H3/q7*+1;;;;;;;;;;;;;;. The van der Waals surface area contributed by atoms with Gasteiger partial charge in [-0.1, -0.05) is 259 Å². The number of benzene rings is 1. The van der Waals surface area contributed by atoms with Crippen LogP contribution in [0, 0.1) is 48.5 Å². The first-order valence-electron chi connectivity index (χ1n) is 45.4. The van der Waals surface area contributed by atoms with E-state index in [9.17, 15) is 0 Å². The first-order chi connectivity index (χ1) is 61.5. The molecular weight excluding hydrogens is 1560 g/mol. The molecule has 13 aromatic heterocycles. The molecule has 0 unspecified atom stereocenters. The summed E-state index contributed by atoms with van der Waals surface area (Å²) in [6.45, 7) is 70.3. The fourth-order valence-corrected chi connectivity index (χ4v) is 10.1. The Hall–Kier alpha value is -12.5. The van der Waals surface area contributed by atoms with E-state index in [0.29, 0.717) is 0 Å². The van der Waals surface area contributed by atoms with Crippen LogP contribution in [0.2, 0.25) is 0 Å². The van der Waals surface area contributed by atoms with Crippen LogP contribution < -0.4 is 32.0 Å². The molecule has 0 atom stereocenters. The lowest BCUT2D eigenvalue weighted by molar-refractivity contribution is -0.663. The van der Waals surface area contributed by atoms with Crippen molar-refractivity contribution in [1.29, 1.82) is 0 Å². The van der Waals surface area contributed by atoms with Gasteiger partial charge in [0.25, 0.3) is 44.3 Å². The van der Waals surface area contributed by atoms with E-state index in [0.717, 1.165) is 79.2 Å². The number of nitrogens with zero attached hydrogens (tertiary/aromatic N) is 22. The molecule has 0 N–H and O–H groups in total. The van der Waals surface area contributed by atoms with Crippen molar-refractivity contribution in [3.63, 3.8) is 0 Å². The highest BCUT2D eigenvalue weighted by molar-refractivity contribution is 5.62. The van der Waals surface area contributed by atoms with Crippen LogP contribution in [0.1, 0.15) is 233 Å². The van der Waals surface area contributed by atoms with Crippen LogP contribution in [-0.2, 0) is 49.3 Å². The maximum Gasteiger partial charge on any atom is 0.286 e. The number of aromatic nitrogens is 22. The molecule has 14 rings (SSSR count). The second-order valence-corrected chi connectivity index (χ2v) is 22.6. The third kappa shape index (κ3) is 47.4. The highest BCUT2D eigenvalue weighted by atomic mass is 15.0. The number of pyridine rings is 4. The van der Waals surface area contributed by atoms with Gasteiger partial charge in [0, 0.05) is 120 Å². The van der Waals surface area contributed by atoms with Crippen LogP contribution in [0.15, 0.2) is 253 Å². The molecule has 22 nitrogen and oxygen atoms in total. The van der Waals surface area contributed by atoms with Gasteiger partial charge in [0.1, 0.15) is 95.9 Å². The Bertz CT molecular complexity index is 3720. The summed E-state index contributed by atoms with van der Waals surface area (Å²) in [4.78, 5) is 61.5. The van der Waals surface area contributed by atoms with Gasteiger partial charge in [-0.2, -0.15) is 0 Å². The highest BCUT2D eigenvalue weighted by Crippen LogP contribution is 2.22. The second kappa shape index (κ2) is 86.1. The third-order valence-electron chi connectivity index (χ3n) is 15.5. The number of hydrogen-bond donors (Lipinski definition) is 0. The van der Waals surface area contributed by atoms with Crippen molar-refractivity contribution in [2.24, 2.45) is 49.3 Å². The summed E-state index contributed by atoms with van der Waals surface area (Å²) < 4.78 is 13.9. The van der Waals surface area contributed by atoms with Gasteiger partial charge in [0.15, 0.2) is 11.4 Å². The van der Waals surface area contributed by atoms with Crippen LogP contribution in [-0.4, -0.2) is 74.8 Å². The Morgan fingerprint density at radius 2 is 0.437 bits per heavy atom. The molecule has 14 aromatic rings. The Kier molecular flexibility index (Phi) is 86.5. The van der Waals surface area contributed by atoms with Gasteiger partial charge >= 0.3 is 0 Å². The molecular formula is C104H167N22+7. The van der Waals surface area contributed by atoms with E-state index in [4.69, 9.17) is 0 Å². The molecule has 0 radical (unpaired) electrons. The predicted octanol–water partition coefficient (Wildman–Crippen LogP) is 22.7. The van der Waals surface area contributed by atoms with Gasteiger partial charge in [-0.3, -0.25) is 19.9 Å². The van der Waals surface area contributed by atoms with Crippen molar-refractivity contribution >= 4 is 0 Å². The van der Waals surface area contributed by atoms with Crippen LogP contribution >= 0.6 is 0 Å². The van der Waals surface area contributed by atoms with E-state index in [1.165, 1.54) is 39.1 Å². The van der Waals surface area contributed by atoms with Crippen molar-refractivity contribution < 1.29 is 32.0 Å². The summed E-state index contributed by atoms with van der Waals surface area (Å²) in [5, 5.41) is 0. The van der Waals surface area contributed by atoms with E-state index in [1.54, 1.807) is 100 Å². The van der Waals surface area contributed by atoms with Crippen LogP contribution in [0.3, 0.4) is 0 Å². The lowest BCUT2D eigenvalue weighted by Crippen LogP contribution is -2.31. The lowest BCUT2D eigenvalue weighted by Gasteiger charge is -2.04. The zero-order valence-corrected chi connectivity index (χ0v) is 86.0. The molecule has 0 aliphatic carbocycles. The first kappa shape index (κ1) is 127. The molecule has 686 valence electrons. The number of rotatable bonds is 7. The lowest BCUT2D eigenvalue weighted by atomic mass is 10.1. The SMILES string of the molecule is CC.CC.CC.CC.CC.CC.CC.CC.CC.CC.CC.CC.CC.CC.Cc1ccccc1-c1ccnc[n+]1C.Cc1cccnc1-c1ccnc[n+]1C.Cc1ccncc1-c1ccnc[n+]1C.Cc1cnccc1-c1ccnc[n+]1C.Cc1cncnc1-c1ccnc[n+]1C.Cc1ncccc1-c1ccnc[n+]1C.Cc1ncncc1-c1ccnc[n+]1C. The maximum atomic E-state index is 4.36. The smallest absolute Gasteiger partial charge is 0.264 e. The monoisotopic (exact) mass is 1720 g/mol. The first-order valence-corrected chi connectivity index (χ1v) is 45.4. The van der Waals surface area contributed by atoms with E-state index < -0.39 is 0 Å². The molecule has 0 bridgehead atoms. The minimum absolute atomic E-state index is 0.949. The van der Waals surface area contributed by atoms with Gasteiger partial charge in [-0.05, 0) is 107 Å². The Morgan fingerprint density at radius 3 is 0.794 bits per heavy atom. The maximum absolute atomic E-state index is 4.36. The van der Waals surface area contributed by atoms with E-state index in [2.05, 4.69) is 139 Å². The summed E-state index contributed by atoms with van der Waals surface area (Å²) in [5.41, 5.74) is 23.5. The van der Waals surface area contributed by atoms with Crippen LogP contribution in [0.25, 0.3) is 79.1 Å². The fourth-order valence-electron chi connectivity index (χ4n) is 10.1. The summed E-state index contributed by atoms with van der Waals surface area (Å²) in [7, 11) is 13.8. The molecule has 13 heterocycles. The molecule has 0 aliphatic rings. The summed E-state index contributed by atoms with van der Waals surface area (Å²) in [6.07, 6.45) is 42.8. The number of aryl methyl sites for hydroxylation is 14. The molecule has 0 amide bonds. The molecule has 126 heavy (non-hydrogen) atoms. The minimum Gasteiger partial charge on any atom is -0.264 e. The van der Waals surface area contributed by atoms with Crippen molar-refractivity contribution in [2.75, 3.05) is 0 Å². The fraction of sp³-hybridized carbons (Fsp3) is 0.404. The van der Waals surface area contributed by atoms with Gasteiger partial charge in [0.2, 0.25) is 0 Å². The quantitative estimate of drug-likeness (QED) is 0.135. The molecule has 22 heteroatoms. The van der Waals surface area contributed by atoms with Crippen molar-refractivity contribution in [3.05, 3.63) is 292 Å². The van der Waals surface area contributed by atoms with E-state index >= 15 is 0 Å². The van der Waals surface area contributed by atoms with Gasteiger partial charge in [0.05, 0.1) is 60.6 Å². The third-order valence-corrected chi connectivity index (χ3v) is 15.5. The van der Waals surface area contributed by atoms with Gasteiger partial charge in [-0.25, -0.2) is 51.9 Å². The molecule has 0 fully saturated rings. The summed E-state index contributed by atoms with van der Waals surface area (Å²) in [5.74, 6) is 0. The highest BCUT2D eigenvalue weighted by Gasteiger charge is 2.15. The summed E-state index contributed by atoms with van der Waals surface area (Å²) in [6, 6.07) is 34.3. The summed E-state index contributed by atoms with van der Waals surface area (Å²) >= 11 is 0. The Morgan fingerprint density at radius 1 is 0.175 bits per heavy atom. The van der Waals surface area contributed by atoms with Crippen molar-refractivity contribution in [2.45, 2.75) is 242 Å². The largest absolute Gasteiger partial charge is 0.286 e. The average Bonchev–Trinajstić information content (AvgIpc) is 0.882. The average molecular weight is 1730 g/mol. The zero-order valence-electron chi connectivity index (χ0n) is 86.0. The molecule has 0 aliphatic heterocycles. The van der Waals surface area contributed by atoms with Crippen molar-refractivity contribution in [1.82, 2.24) is 74.8 Å². The zero-order chi connectivity index (χ0) is 97.8. The molecule has 0 spiro atoms. The minimum atomic E-state index is 0.949. The van der Waals surface area contributed by atoms with Crippen molar-refractivity contribution in [3.8, 4) is 79.1 Å². The van der Waals surface area contributed by atoms with Crippen LogP contribution in [0.4, 0.5) is 0 Å². The van der Waals surface area contributed by atoms with Gasteiger partial charge in [-0.15, -0.1) is 0 Å². The van der Waals surface area contributed by atoms with E-state index in [-0.39, 0.29) is 0 Å². The number of hydrogen-bond acceptors (Lipinski definition) is 15.